The largest absolute Gasteiger partial charge is 0.496 e. The van der Waals surface area contributed by atoms with E-state index in [1.54, 1.807) is 19.2 Å². The van der Waals surface area contributed by atoms with E-state index in [4.69, 9.17) is 13.6 Å². The van der Waals surface area contributed by atoms with E-state index in [0.29, 0.717) is 11.0 Å². The van der Waals surface area contributed by atoms with Gasteiger partial charge in [0.15, 0.2) is 5.76 Å². The molecule has 3 rings (SSSR count). The van der Waals surface area contributed by atoms with Gasteiger partial charge >= 0.3 is 0 Å². The molecule has 0 saturated carbocycles. The summed E-state index contributed by atoms with van der Waals surface area (Å²) >= 11 is 1.17. The minimum atomic E-state index is -0.175. The van der Waals surface area contributed by atoms with Crippen molar-refractivity contribution in [2.24, 2.45) is 0 Å². The molecule has 25 heavy (non-hydrogen) atoms. The van der Waals surface area contributed by atoms with E-state index in [0.717, 1.165) is 11.3 Å². The van der Waals surface area contributed by atoms with E-state index in [1.165, 1.54) is 18.0 Å². The minimum absolute atomic E-state index is 0.138. The first-order valence-corrected chi connectivity index (χ1v) is 8.58. The summed E-state index contributed by atoms with van der Waals surface area (Å²) in [5.74, 6) is 1.55. The predicted octanol–water partition coefficient (Wildman–Crippen LogP) is 3.31. The fourth-order valence-electron chi connectivity index (χ4n) is 2.28. The van der Waals surface area contributed by atoms with Crippen molar-refractivity contribution in [2.45, 2.75) is 18.2 Å². The molecule has 130 valence electrons. The van der Waals surface area contributed by atoms with Crippen LogP contribution in [-0.4, -0.2) is 29.0 Å². The van der Waals surface area contributed by atoms with Gasteiger partial charge in [0.1, 0.15) is 5.75 Å². The summed E-state index contributed by atoms with van der Waals surface area (Å²) in [5.41, 5.74) is 0.918. The number of methoxy groups -OCH3 is 1. The molecular formula is C17H17N3O4S. The summed E-state index contributed by atoms with van der Waals surface area (Å²) in [5, 5.41) is 11.0. The highest BCUT2D eigenvalue weighted by molar-refractivity contribution is 7.99. The number of nitrogens with zero attached hydrogens (tertiary/aromatic N) is 2. The SMILES string of the molecule is COc1ccccc1C(C)NC(=O)CSc1nnc(-c2ccco2)o1. The number of hydrogen-bond donors (Lipinski definition) is 1. The summed E-state index contributed by atoms with van der Waals surface area (Å²) < 4.78 is 16.0. The third-order valence-electron chi connectivity index (χ3n) is 3.45. The Balaban J connectivity index is 1.54. The Hall–Kier alpha value is -2.74. The van der Waals surface area contributed by atoms with Gasteiger partial charge in [-0.3, -0.25) is 4.79 Å². The first-order chi connectivity index (χ1) is 12.2. The Labute approximate surface area is 148 Å². The first kappa shape index (κ1) is 17.1. The zero-order valence-corrected chi connectivity index (χ0v) is 14.6. The Morgan fingerprint density at radius 2 is 2.12 bits per heavy atom. The molecule has 2 heterocycles. The number of ether oxygens (including phenoxy) is 1. The van der Waals surface area contributed by atoms with Crippen LogP contribution in [0.1, 0.15) is 18.5 Å². The topological polar surface area (TPSA) is 90.4 Å². The van der Waals surface area contributed by atoms with Crippen LogP contribution in [0.5, 0.6) is 5.75 Å². The van der Waals surface area contributed by atoms with Gasteiger partial charge in [-0.05, 0) is 25.1 Å². The van der Waals surface area contributed by atoms with Crippen molar-refractivity contribution in [3.8, 4) is 17.4 Å². The predicted molar refractivity (Wildman–Crippen MR) is 92.3 cm³/mol. The quantitative estimate of drug-likeness (QED) is 0.647. The van der Waals surface area contributed by atoms with Crippen LogP contribution >= 0.6 is 11.8 Å². The highest BCUT2D eigenvalue weighted by Crippen LogP contribution is 2.25. The molecule has 8 heteroatoms. The standard InChI is InChI=1S/C17H17N3O4S/c1-11(12-6-3-4-7-13(12)22-2)18-15(21)10-25-17-20-19-16(24-17)14-8-5-9-23-14/h3-9,11H,10H2,1-2H3,(H,18,21). The fourth-order valence-corrected chi connectivity index (χ4v) is 2.85. The van der Waals surface area contributed by atoms with Crippen LogP contribution in [0.25, 0.3) is 11.7 Å². The summed E-state index contributed by atoms with van der Waals surface area (Å²) in [7, 11) is 1.61. The number of carbonyl (C=O) groups excluding carboxylic acids is 1. The lowest BCUT2D eigenvalue weighted by Gasteiger charge is -2.16. The summed E-state index contributed by atoms with van der Waals surface area (Å²) in [4.78, 5) is 12.2. The summed E-state index contributed by atoms with van der Waals surface area (Å²) in [6, 6.07) is 10.9. The fraction of sp³-hybridized carbons (Fsp3) is 0.235. The van der Waals surface area contributed by atoms with Crippen LogP contribution in [-0.2, 0) is 4.79 Å². The Morgan fingerprint density at radius 3 is 2.88 bits per heavy atom. The molecule has 0 bridgehead atoms. The second kappa shape index (κ2) is 7.89. The number of amides is 1. The van der Waals surface area contributed by atoms with Crippen LogP contribution in [0.4, 0.5) is 0 Å². The van der Waals surface area contributed by atoms with Gasteiger partial charge in [-0.2, -0.15) is 0 Å². The molecular weight excluding hydrogens is 342 g/mol. The molecule has 1 aromatic carbocycles. The Morgan fingerprint density at radius 1 is 1.28 bits per heavy atom. The maximum atomic E-state index is 12.2. The van der Waals surface area contributed by atoms with E-state index in [-0.39, 0.29) is 23.6 Å². The highest BCUT2D eigenvalue weighted by Gasteiger charge is 2.16. The highest BCUT2D eigenvalue weighted by atomic mass is 32.2. The number of furan rings is 1. The minimum Gasteiger partial charge on any atom is -0.496 e. The van der Waals surface area contributed by atoms with E-state index in [1.807, 2.05) is 31.2 Å². The van der Waals surface area contributed by atoms with Gasteiger partial charge in [-0.25, -0.2) is 0 Å². The van der Waals surface area contributed by atoms with Crippen molar-refractivity contribution >= 4 is 17.7 Å². The van der Waals surface area contributed by atoms with Gasteiger partial charge in [0, 0.05) is 5.56 Å². The van der Waals surface area contributed by atoms with Crippen molar-refractivity contribution in [2.75, 3.05) is 12.9 Å². The van der Waals surface area contributed by atoms with Gasteiger partial charge in [0.25, 0.3) is 11.1 Å². The third-order valence-corrected chi connectivity index (χ3v) is 4.27. The first-order valence-electron chi connectivity index (χ1n) is 7.60. The average Bonchev–Trinajstić information content (AvgIpc) is 3.31. The van der Waals surface area contributed by atoms with Crippen LogP contribution in [0.15, 0.2) is 56.7 Å². The van der Waals surface area contributed by atoms with Crippen LogP contribution in [0, 0.1) is 0 Å². The summed E-state index contributed by atoms with van der Waals surface area (Å²) in [6.45, 7) is 1.90. The zero-order valence-electron chi connectivity index (χ0n) is 13.8. The van der Waals surface area contributed by atoms with Gasteiger partial charge in [-0.15, -0.1) is 10.2 Å². The number of nitrogens with one attached hydrogen (secondary N) is 1. The van der Waals surface area contributed by atoms with Gasteiger partial charge in [0.05, 0.1) is 25.2 Å². The number of rotatable bonds is 7. The van der Waals surface area contributed by atoms with Crippen molar-refractivity contribution in [3.63, 3.8) is 0 Å². The molecule has 0 saturated heterocycles. The Bertz CT molecular complexity index is 832. The molecule has 7 nitrogen and oxygen atoms in total. The van der Waals surface area contributed by atoms with Crippen molar-refractivity contribution < 1.29 is 18.4 Å². The molecule has 3 aromatic rings. The molecule has 1 N–H and O–H groups in total. The maximum absolute atomic E-state index is 12.2. The van der Waals surface area contributed by atoms with E-state index >= 15 is 0 Å². The monoisotopic (exact) mass is 359 g/mol. The molecule has 0 aliphatic carbocycles. The molecule has 2 aromatic heterocycles. The smallest absolute Gasteiger partial charge is 0.284 e. The lowest BCUT2D eigenvalue weighted by Crippen LogP contribution is -2.28. The molecule has 1 unspecified atom stereocenters. The van der Waals surface area contributed by atoms with Crippen LogP contribution in [0.2, 0.25) is 0 Å². The second-order valence-corrected chi connectivity index (χ2v) is 6.10. The number of hydrogen-bond acceptors (Lipinski definition) is 7. The number of thioether (sulfide) groups is 1. The molecule has 0 aliphatic rings. The molecule has 0 aliphatic heterocycles. The van der Waals surface area contributed by atoms with Crippen molar-refractivity contribution in [1.29, 1.82) is 0 Å². The third kappa shape index (κ3) is 4.21. The van der Waals surface area contributed by atoms with Crippen LogP contribution < -0.4 is 10.1 Å². The van der Waals surface area contributed by atoms with Gasteiger partial charge < -0.3 is 18.9 Å². The molecule has 1 amide bonds. The van der Waals surface area contributed by atoms with Crippen LogP contribution in [0.3, 0.4) is 0 Å². The van der Waals surface area contributed by atoms with Gasteiger partial charge in [0.2, 0.25) is 5.91 Å². The van der Waals surface area contributed by atoms with Crippen molar-refractivity contribution in [1.82, 2.24) is 15.5 Å². The zero-order chi connectivity index (χ0) is 17.6. The van der Waals surface area contributed by atoms with E-state index in [9.17, 15) is 4.79 Å². The molecule has 0 spiro atoms. The maximum Gasteiger partial charge on any atom is 0.284 e. The van der Waals surface area contributed by atoms with Gasteiger partial charge in [-0.1, -0.05) is 30.0 Å². The molecule has 1 atom stereocenters. The number of para-hydroxylation sites is 1. The number of aromatic nitrogens is 2. The Kier molecular flexibility index (Phi) is 5.39. The lowest BCUT2D eigenvalue weighted by atomic mass is 10.1. The molecule has 0 fully saturated rings. The van der Waals surface area contributed by atoms with E-state index in [2.05, 4.69) is 15.5 Å². The summed E-state index contributed by atoms with van der Waals surface area (Å²) in [6.07, 6.45) is 1.53. The number of benzene rings is 1. The lowest BCUT2D eigenvalue weighted by molar-refractivity contribution is -0.119. The van der Waals surface area contributed by atoms with E-state index < -0.39 is 0 Å². The number of carbonyl (C=O) groups is 1. The second-order valence-electron chi connectivity index (χ2n) is 5.17. The molecule has 0 radical (unpaired) electrons. The normalized spacial score (nSPS) is 11.9. The average molecular weight is 359 g/mol. The van der Waals surface area contributed by atoms with Crippen molar-refractivity contribution in [3.05, 3.63) is 48.2 Å².